The van der Waals surface area contributed by atoms with E-state index < -0.39 is 6.10 Å². The number of hydrogen-bond acceptors (Lipinski definition) is 3. The molecule has 2 aromatic rings. The summed E-state index contributed by atoms with van der Waals surface area (Å²) in [5, 5.41) is 15.6. The lowest BCUT2D eigenvalue weighted by Crippen LogP contribution is -2.23. The number of carbonyl (C=O) groups is 2. The fourth-order valence-corrected chi connectivity index (χ4v) is 2.23. The number of aliphatic hydroxyl groups excluding tert-OH is 1. The van der Waals surface area contributed by atoms with Gasteiger partial charge >= 0.3 is 0 Å². The lowest BCUT2D eigenvalue weighted by Gasteiger charge is -2.11. The lowest BCUT2D eigenvalue weighted by atomic mass is 10.1. The number of aliphatic hydroxyl groups is 1. The second kappa shape index (κ2) is 8.84. The molecule has 0 bridgehead atoms. The van der Waals surface area contributed by atoms with Crippen LogP contribution in [-0.4, -0.2) is 23.5 Å². The SMILES string of the molecule is CCCNC(=O)c1ccc(NC(=O)CC(O)c2ccccc2)cc1. The maximum Gasteiger partial charge on any atom is 0.251 e. The molecule has 0 heterocycles. The van der Waals surface area contributed by atoms with Gasteiger partial charge in [0.05, 0.1) is 12.5 Å². The maximum absolute atomic E-state index is 12.0. The topological polar surface area (TPSA) is 78.4 Å². The highest BCUT2D eigenvalue weighted by Gasteiger charge is 2.13. The van der Waals surface area contributed by atoms with Crippen LogP contribution in [0.1, 0.15) is 41.8 Å². The molecule has 0 spiro atoms. The molecule has 5 nitrogen and oxygen atoms in total. The molecule has 0 radical (unpaired) electrons. The third-order valence-electron chi connectivity index (χ3n) is 3.53. The largest absolute Gasteiger partial charge is 0.388 e. The van der Waals surface area contributed by atoms with Crippen molar-refractivity contribution in [3.63, 3.8) is 0 Å². The van der Waals surface area contributed by atoms with Crippen molar-refractivity contribution < 1.29 is 14.7 Å². The molecule has 0 aromatic heterocycles. The number of carbonyl (C=O) groups excluding carboxylic acids is 2. The lowest BCUT2D eigenvalue weighted by molar-refractivity contribution is -0.118. The second-order valence-corrected chi connectivity index (χ2v) is 5.51. The van der Waals surface area contributed by atoms with Crippen molar-refractivity contribution in [3.05, 3.63) is 65.7 Å². The zero-order chi connectivity index (χ0) is 17.4. The Hall–Kier alpha value is -2.66. The number of anilines is 1. The summed E-state index contributed by atoms with van der Waals surface area (Å²) >= 11 is 0. The molecule has 1 unspecified atom stereocenters. The van der Waals surface area contributed by atoms with Crippen LogP contribution < -0.4 is 10.6 Å². The van der Waals surface area contributed by atoms with Crippen LogP contribution in [0.4, 0.5) is 5.69 Å². The molecule has 2 amide bonds. The number of amides is 2. The first kappa shape index (κ1) is 17.7. The summed E-state index contributed by atoms with van der Waals surface area (Å²) in [7, 11) is 0. The van der Waals surface area contributed by atoms with Crippen molar-refractivity contribution in [1.29, 1.82) is 0 Å². The number of rotatable bonds is 7. The van der Waals surface area contributed by atoms with Gasteiger partial charge in [0.15, 0.2) is 0 Å². The van der Waals surface area contributed by atoms with Crippen LogP contribution in [-0.2, 0) is 4.79 Å². The Bertz CT molecular complexity index is 669. The van der Waals surface area contributed by atoms with Crippen molar-refractivity contribution in [2.75, 3.05) is 11.9 Å². The Morgan fingerprint density at radius 2 is 1.71 bits per heavy atom. The van der Waals surface area contributed by atoms with Crippen molar-refractivity contribution in [2.45, 2.75) is 25.9 Å². The third-order valence-corrected chi connectivity index (χ3v) is 3.53. The van der Waals surface area contributed by atoms with Gasteiger partial charge in [-0.05, 0) is 36.2 Å². The zero-order valence-corrected chi connectivity index (χ0v) is 13.7. The average molecular weight is 326 g/mol. The van der Waals surface area contributed by atoms with Gasteiger partial charge in [0, 0.05) is 17.8 Å². The molecule has 126 valence electrons. The van der Waals surface area contributed by atoms with E-state index in [1.165, 1.54) is 0 Å². The van der Waals surface area contributed by atoms with Crippen LogP contribution >= 0.6 is 0 Å². The standard InChI is InChI=1S/C19H22N2O3/c1-2-12-20-19(24)15-8-10-16(11-9-15)21-18(23)13-17(22)14-6-4-3-5-7-14/h3-11,17,22H,2,12-13H2,1H3,(H,20,24)(H,21,23). The van der Waals surface area contributed by atoms with Crippen molar-refractivity contribution >= 4 is 17.5 Å². The molecule has 2 rings (SSSR count). The predicted octanol–water partition coefficient (Wildman–Crippen LogP) is 2.89. The van der Waals surface area contributed by atoms with Crippen LogP contribution in [0, 0.1) is 0 Å². The van der Waals surface area contributed by atoms with Gasteiger partial charge in [-0.3, -0.25) is 9.59 Å². The summed E-state index contributed by atoms with van der Waals surface area (Å²) in [6.07, 6.45) is 0.0112. The van der Waals surface area contributed by atoms with E-state index in [0.29, 0.717) is 23.4 Å². The Kier molecular flexibility index (Phi) is 6.51. The minimum Gasteiger partial charge on any atom is -0.388 e. The van der Waals surface area contributed by atoms with Crippen molar-refractivity contribution in [2.24, 2.45) is 0 Å². The number of benzene rings is 2. The Labute approximate surface area is 141 Å². The molecule has 0 aliphatic heterocycles. The van der Waals surface area contributed by atoms with E-state index in [1.54, 1.807) is 36.4 Å². The quantitative estimate of drug-likeness (QED) is 0.732. The van der Waals surface area contributed by atoms with E-state index in [2.05, 4.69) is 10.6 Å². The average Bonchev–Trinajstić information content (AvgIpc) is 2.61. The van der Waals surface area contributed by atoms with E-state index in [1.807, 2.05) is 25.1 Å². The van der Waals surface area contributed by atoms with Crippen molar-refractivity contribution in [1.82, 2.24) is 5.32 Å². The highest BCUT2D eigenvalue weighted by Crippen LogP contribution is 2.17. The van der Waals surface area contributed by atoms with Crippen LogP contribution in [0.2, 0.25) is 0 Å². The molecule has 1 atom stereocenters. The monoisotopic (exact) mass is 326 g/mol. The second-order valence-electron chi connectivity index (χ2n) is 5.51. The fraction of sp³-hybridized carbons (Fsp3) is 0.263. The van der Waals surface area contributed by atoms with E-state index in [-0.39, 0.29) is 18.2 Å². The molecular formula is C19H22N2O3. The van der Waals surface area contributed by atoms with Gasteiger partial charge in [-0.2, -0.15) is 0 Å². The fourth-order valence-electron chi connectivity index (χ4n) is 2.23. The Morgan fingerprint density at radius 1 is 1.04 bits per heavy atom. The summed E-state index contributed by atoms with van der Waals surface area (Å²) in [6.45, 7) is 2.62. The molecule has 0 aliphatic rings. The minimum absolute atomic E-state index is 0.0250. The number of nitrogens with one attached hydrogen (secondary N) is 2. The molecular weight excluding hydrogens is 304 g/mol. The molecule has 3 N–H and O–H groups in total. The van der Waals surface area contributed by atoms with Gasteiger partial charge in [-0.1, -0.05) is 37.3 Å². The molecule has 0 fully saturated rings. The van der Waals surface area contributed by atoms with Gasteiger partial charge in [-0.15, -0.1) is 0 Å². The Morgan fingerprint density at radius 3 is 2.33 bits per heavy atom. The van der Waals surface area contributed by atoms with Crippen LogP contribution in [0.5, 0.6) is 0 Å². The van der Waals surface area contributed by atoms with Crippen LogP contribution in [0.3, 0.4) is 0 Å². The van der Waals surface area contributed by atoms with Crippen LogP contribution in [0.25, 0.3) is 0 Å². The third kappa shape index (κ3) is 5.21. The number of hydrogen-bond donors (Lipinski definition) is 3. The molecule has 24 heavy (non-hydrogen) atoms. The van der Waals surface area contributed by atoms with E-state index in [4.69, 9.17) is 0 Å². The van der Waals surface area contributed by atoms with Crippen molar-refractivity contribution in [3.8, 4) is 0 Å². The summed E-state index contributed by atoms with van der Waals surface area (Å²) in [5.74, 6) is -0.413. The first-order chi connectivity index (χ1) is 11.6. The van der Waals surface area contributed by atoms with Gasteiger partial charge < -0.3 is 15.7 Å². The van der Waals surface area contributed by atoms with Gasteiger partial charge in [0.2, 0.25) is 5.91 Å². The van der Waals surface area contributed by atoms with Gasteiger partial charge in [-0.25, -0.2) is 0 Å². The minimum atomic E-state index is -0.842. The summed E-state index contributed by atoms with van der Waals surface area (Å²) in [6, 6.07) is 15.7. The van der Waals surface area contributed by atoms with E-state index in [0.717, 1.165) is 6.42 Å². The molecule has 0 saturated heterocycles. The molecule has 0 saturated carbocycles. The summed E-state index contributed by atoms with van der Waals surface area (Å²) < 4.78 is 0. The molecule has 2 aromatic carbocycles. The van der Waals surface area contributed by atoms with Gasteiger partial charge in [0.25, 0.3) is 5.91 Å². The summed E-state index contributed by atoms with van der Waals surface area (Å²) in [5.41, 5.74) is 1.84. The first-order valence-electron chi connectivity index (χ1n) is 8.01. The smallest absolute Gasteiger partial charge is 0.251 e. The molecule has 0 aliphatic carbocycles. The molecule has 5 heteroatoms. The van der Waals surface area contributed by atoms with Crippen LogP contribution in [0.15, 0.2) is 54.6 Å². The normalized spacial score (nSPS) is 11.6. The zero-order valence-electron chi connectivity index (χ0n) is 13.7. The van der Waals surface area contributed by atoms with E-state index >= 15 is 0 Å². The summed E-state index contributed by atoms with van der Waals surface area (Å²) in [4.78, 5) is 23.8. The van der Waals surface area contributed by atoms with Gasteiger partial charge in [0.1, 0.15) is 0 Å². The predicted molar refractivity (Wildman–Crippen MR) is 93.7 cm³/mol. The highest BCUT2D eigenvalue weighted by atomic mass is 16.3. The Balaban J connectivity index is 1.89. The van der Waals surface area contributed by atoms with E-state index in [9.17, 15) is 14.7 Å². The maximum atomic E-state index is 12.0. The first-order valence-corrected chi connectivity index (χ1v) is 8.01. The highest BCUT2D eigenvalue weighted by molar-refractivity contribution is 5.95.